The smallest absolute Gasteiger partial charge is 0.411 e. The van der Waals surface area contributed by atoms with Crippen LogP contribution in [0.1, 0.15) is 23.9 Å². The van der Waals surface area contributed by atoms with Crippen molar-refractivity contribution in [3.8, 4) is 16.9 Å². The van der Waals surface area contributed by atoms with Gasteiger partial charge in [0, 0.05) is 27.9 Å². The average molecular weight is 642 g/mol. The number of hydrogen-bond donors (Lipinski definition) is 4. The molecule has 1 aliphatic heterocycles. The molecule has 0 fully saturated rings. The van der Waals surface area contributed by atoms with Gasteiger partial charge in [0.15, 0.2) is 5.92 Å². The van der Waals surface area contributed by atoms with Gasteiger partial charge in [-0.1, -0.05) is 23.8 Å². The molecule has 0 saturated carbocycles. The number of nitrogens with one attached hydrogen (secondary N) is 4. The number of alkyl halides is 3. The molecule has 45 heavy (non-hydrogen) atoms. The van der Waals surface area contributed by atoms with Crippen LogP contribution in [0.25, 0.3) is 23.0 Å². The Morgan fingerprint density at radius 3 is 2.76 bits per heavy atom. The summed E-state index contributed by atoms with van der Waals surface area (Å²) in [5, 5.41) is 18.9. The van der Waals surface area contributed by atoms with Gasteiger partial charge in [-0.25, -0.2) is 9.78 Å². The second-order valence-electron chi connectivity index (χ2n) is 9.58. The maximum absolute atomic E-state index is 14.0. The van der Waals surface area contributed by atoms with Crippen LogP contribution < -0.4 is 16.0 Å². The molecule has 0 saturated heterocycles. The van der Waals surface area contributed by atoms with E-state index in [0.29, 0.717) is 22.0 Å². The second-order valence-corrected chi connectivity index (χ2v) is 10.0. The first kappa shape index (κ1) is 30.9. The van der Waals surface area contributed by atoms with E-state index in [-0.39, 0.29) is 29.2 Å². The molecule has 3 heterocycles. The van der Waals surface area contributed by atoms with Crippen LogP contribution in [0, 0.1) is 5.92 Å². The summed E-state index contributed by atoms with van der Waals surface area (Å²) >= 11 is 6.14. The van der Waals surface area contributed by atoms with Gasteiger partial charge in [-0.15, -0.1) is 5.10 Å². The highest BCUT2D eigenvalue weighted by atomic mass is 35.5. The van der Waals surface area contributed by atoms with E-state index < -0.39 is 36.0 Å². The van der Waals surface area contributed by atoms with Gasteiger partial charge in [-0.3, -0.25) is 14.9 Å². The number of fused-ring (bicyclic) bond motifs is 4. The van der Waals surface area contributed by atoms with Crippen molar-refractivity contribution in [2.24, 2.45) is 5.92 Å². The summed E-state index contributed by atoms with van der Waals surface area (Å²) in [6.07, 6.45) is 1.49. The third kappa shape index (κ3) is 7.35. The van der Waals surface area contributed by atoms with E-state index in [1.807, 2.05) is 0 Å². The number of anilines is 2. The average Bonchev–Trinajstić information content (AvgIpc) is 3.70. The number of H-pyrrole nitrogens is 1. The van der Waals surface area contributed by atoms with Crippen LogP contribution in [0.5, 0.6) is 0 Å². The normalized spacial score (nSPS) is 17.4. The van der Waals surface area contributed by atoms with Crippen LogP contribution in [0.3, 0.4) is 0 Å². The lowest BCUT2D eigenvalue weighted by molar-refractivity contribution is -0.169. The first-order valence-electron chi connectivity index (χ1n) is 13.1. The summed E-state index contributed by atoms with van der Waals surface area (Å²) in [6, 6.07) is 8.22. The van der Waals surface area contributed by atoms with E-state index in [2.05, 4.69) is 46.2 Å². The predicted molar refractivity (Wildman–Crippen MR) is 156 cm³/mol. The minimum absolute atomic E-state index is 0.0317. The Bertz CT molecular complexity index is 1790. The number of benzene rings is 2. The largest absolute Gasteiger partial charge is 0.453 e. The Labute approximate surface area is 257 Å². The summed E-state index contributed by atoms with van der Waals surface area (Å²) in [5.74, 6) is -4.21. The number of tetrazole rings is 1. The summed E-state index contributed by atoms with van der Waals surface area (Å²) in [7, 11) is 1.15. The fourth-order valence-electron chi connectivity index (χ4n) is 4.45. The van der Waals surface area contributed by atoms with E-state index in [4.69, 9.17) is 11.6 Å². The topological polar surface area (TPSA) is 169 Å². The van der Waals surface area contributed by atoms with E-state index in [9.17, 15) is 27.6 Å². The molecule has 5 rings (SSSR count). The van der Waals surface area contributed by atoms with Gasteiger partial charge in [0.1, 0.15) is 12.2 Å². The molecule has 3 amide bonds. The zero-order valence-electron chi connectivity index (χ0n) is 23.2. The fourth-order valence-corrected chi connectivity index (χ4v) is 4.63. The molecule has 2 aromatic carbocycles. The molecule has 2 aromatic heterocycles. The number of halogens is 4. The highest BCUT2D eigenvalue weighted by Gasteiger charge is 2.43. The zero-order valence-corrected chi connectivity index (χ0v) is 23.9. The minimum atomic E-state index is -4.92. The highest BCUT2D eigenvalue weighted by molar-refractivity contribution is 6.30. The number of amides is 3. The SMILES string of the molecule is COC(=O)Nc1ccc2c(c1)NC(=O)[C@@H](C(F)(F)F)/C=C\CC(NC(=O)/C=C/c1cc(Cl)ccc1-n1cnnn1)c1ncc-2[nH]1. The Morgan fingerprint density at radius 1 is 1.20 bits per heavy atom. The Balaban J connectivity index is 1.47. The molecule has 1 unspecified atom stereocenters. The Hall–Kier alpha value is -5.51. The van der Waals surface area contributed by atoms with Crippen molar-refractivity contribution in [3.63, 3.8) is 0 Å². The molecular formula is C28H23ClF3N9O4. The summed E-state index contributed by atoms with van der Waals surface area (Å²) in [4.78, 5) is 45.0. The Kier molecular flexibility index (Phi) is 8.94. The van der Waals surface area contributed by atoms with Gasteiger partial charge in [0.05, 0.1) is 36.4 Å². The predicted octanol–water partition coefficient (Wildman–Crippen LogP) is 4.83. The van der Waals surface area contributed by atoms with Gasteiger partial charge in [0.25, 0.3) is 0 Å². The minimum Gasteiger partial charge on any atom is -0.453 e. The van der Waals surface area contributed by atoms with Crippen LogP contribution in [0.2, 0.25) is 5.02 Å². The zero-order chi connectivity index (χ0) is 32.1. The molecule has 0 spiro atoms. The van der Waals surface area contributed by atoms with Crippen molar-refractivity contribution in [1.29, 1.82) is 0 Å². The van der Waals surface area contributed by atoms with Crippen LogP contribution >= 0.6 is 11.6 Å². The molecule has 1 aliphatic rings. The molecule has 2 atom stereocenters. The lowest BCUT2D eigenvalue weighted by Crippen LogP contribution is -2.34. The van der Waals surface area contributed by atoms with E-state index in [1.165, 1.54) is 47.6 Å². The van der Waals surface area contributed by atoms with E-state index in [0.717, 1.165) is 19.3 Å². The quantitative estimate of drug-likeness (QED) is 0.177. The summed E-state index contributed by atoms with van der Waals surface area (Å²) < 4.78 is 47.8. The number of aromatic nitrogens is 6. The number of methoxy groups -OCH3 is 1. The van der Waals surface area contributed by atoms with Crippen molar-refractivity contribution >= 4 is 47.0 Å². The van der Waals surface area contributed by atoms with Gasteiger partial charge < -0.3 is 20.4 Å². The van der Waals surface area contributed by atoms with Crippen molar-refractivity contribution in [2.45, 2.75) is 18.6 Å². The van der Waals surface area contributed by atoms with Gasteiger partial charge in [-0.2, -0.15) is 17.9 Å². The van der Waals surface area contributed by atoms with Gasteiger partial charge >= 0.3 is 12.3 Å². The lowest BCUT2D eigenvalue weighted by atomic mass is 10.0. The molecule has 2 bridgehead atoms. The van der Waals surface area contributed by atoms with Crippen LogP contribution in [0.15, 0.2) is 67.2 Å². The van der Waals surface area contributed by atoms with Gasteiger partial charge in [0.2, 0.25) is 11.8 Å². The number of ether oxygens (including phenoxy) is 1. The van der Waals surface area contributed by atoms with Crippen LogP contribution in [-0.4, -0.2) is 61.4 Å². The summed E-state index contributed by atoms with van der Waals surface area (Å²) in [6.45, 7) is 0. The third-order valence-corrected chi connectivity index (χ3v) is 6.81. The van der Waals surface area contributed by atoms with E-state index in [1.54, 1.807) is 18.2 Å². The monoisotopic (exact) mass is 641 g/mol. The molecule has 0 aliphatic carbocycles. The number of hydrogen-bond acceptors (Lipinski definition) is 8. The molecule has 4 N–H and O–H groups in total. The van der Waals surface area contributed by atoms with Crippen molar-refractivity contribution in [1.82, 2.24) is 35.5 Å². The highest BCUT2D eigenvalue weighted by Crippen LogP contribution is 2.35. The van der Waals surface area contributed by atoms with Crippen molar-refractivity contribution in [3.05, 3.63) is 83.6 Å². The fraction of sp³-hybridized carbons (Fsp3) is 0.179. The number of carbonyl (C=O) groups excluding carboxylic acids is 3. The van der Waals surface area contributed by atoms with Gasteiger partial charge in [-0.05, 0) is 59.3 Å². The molecular weight excluding hydrogens is 619 g/mol. The van der Waals surface area contributed by atoms with Crippen molar-refractivity contribution in [2.75, 3.05) is 17.7 Å². The molecule has 0 radical (unpaired) electrons. The standard InChI is InChI=1S/C28H23ClF3N9O4/c1-45-27(44)35-17-7-8-18-21(12-17)38-26(43)19(28(30,31)32)3-2-4-20(25-33-13-22(18)37-25)36-24(42)10-5-15-11-16(29)6-9-23(15)41-14-34-39-40-41/h2-3,5-14,19-20H,4H2,1H3,(H,33,37)(H,35,44)(H,36,42)(H,38,43)/b3-2-,10-5+/t19-,20?/m0/s1. The maximum atomic E-state index is 14.0. The van der Waals surface area contributed by atoms with Crippen LogP contribution in [-0.2, 0) is 14.3 Å². The molecule has 13 nitrogen and oxygen atoms in total. The first-order chi connectivity index (χ1) is 21.5. The van der Waals surface area contributed by atoms with Crippen LogP contribution in [0.4, 0.5) is 29.3 Å². The van der Waals surface area contributed by atoms with Crippen molar-refractivity contribution < 1.29 is 32.3 Å². The summed E-state index contributed by atoms with van der Waals surface area (Å²) in [5.41, 5.74) is 1.79. The lowest BCUT2D eigenvalue weighted by Gasteiger charge is -2.20. The second kappa shape index (κ2) is 13.0. The number of carbonyl (C=O) groups is 3. The number of aromatic amines is 1. The number of imidazole rings is 1. The first-order valence-corrected chi connectivity index (χ1v) is 13.5. The molecule has 17 heteroatoms. The number of nitrogens with zero attached hydrogens (tertiary/aromatic N) is 5. The number of rotatable bonds is 5. The Morgan fingerprint density at radius 2 is 2.02 bits per heavy atom. The maximum Gasteiger partial charge on any atom is 0.411 e. The molecule has 4 aromatic rings. The third-order valence-electron chi connectivity index (χ3n) is 6.58. The molecule has 232 valence electrons. The van der Waals surface area contributed by atoms with E-state index >= 15 is 0 Å².